The van der Waals surface area contributed by atoms with Crippen LogP contribution in [0.1, 0.15) is 29.8 Å². The molecule has 2 rings (SSSR count). The molecule has 0 atom stereocenters. The molecule has 0 aliphatic rings. The Hall–Kier alpha value is -3.48. The highest BCUT2D eigenvalue weighted by Crippen LogP contribution is 2.11. The maximum Gasteiger partial charge on any atom is 0.269 e. The monoisotopic (exact) mass is 369 g/mol. The van der Waals surface area contributed by atoms with E-state index in [9.17, 15) is 18.8 Å². The van der Waals surface area contributed by atoms with E-state index in [-0.39, 0.29) is 17.6 Å². The molecule has 0 aliphatic carbocycles. The number of rotatable bonds is 5. The predicted molar refractivity (Wildman–Crippen MR) is 101 cm³/mol. The van der Waals surface area contributed by atoms with Crippen LogP contribution in [0.2, 0.25) is 0 Å². The zero-order valence-electron chi connectivity index (χ0n) is 15.0. The molecular weight excluding hydrogens is 349 g/mol. The molecular formula is C20H20FN3O3. The first-order chi connectivity index (χ1) is 12.8. The van der Waals surface area contributed by atoms with Gasteiger partial charge in [0.05, 0.1) is 0 Å². The first-order valence-corrected chi connectivity index (χ1v) is 8.30. The van der Waals surface area contributed by atoms with Crippen molar-refractivity contribution in [3.05, 3.63) is 71.6 Å². The molecule has 6 nitrogen and oxygen atoms in total. The fourth-order valence-corrected chi connectivity index (χ4v) is 1.97. The number of hydrogen-bond donors (Lipinski definition) is 3. The van der Waals surface area contributed by atoms with Gasteiger partial charge in [0.25, 0.3) is 11.8 Å². The average molecular weight is 369 g/mol. The summed E-state index contributed by atoms with van der Waals surface area (Å²) >= 11 is 0. The molecule has 0 aliphatic heterocycles. The molecule has 0 fully saturated rings. The van der Waals surface area contributed by atoms with Crippen molar-refractivity contribution in [2.45, 2.75) is 13.8 Å². The molecule has 2 aromatic rings. The molecule has 0 radical (unpaired) electrons. The Morgan fingerprint density at radius 1 is 0.926 bits per heavy atom. The summed E-state index contributed by atoms with van der Waals surface area (Å²) in [6.07, 6.45) is 2.71. The van der Waals surface area contributed by atoms with Crippen molar-refractivity contribution >= 4 is 29.5 Å². The highest BCUT2D eigenvalue weighted by Gasteiger charge is 2.09. The zero-order chi connectivity index (χ0) is 19.8. The first kappa shape index (κ1) is 19.8. The van der Waals surface area contributed by atoms with Crippen molar-refractivity contribution in [3.63, 3.8) is 0 Å². The van der Waals surface area contributed by atoms with Crippen LogP contribution in [0.5, 0.6) is 0 Å². The van der Waals surface area contributed by atoms with Crippen LogP contribution in [0, 0.1) is 11.7 Å². The quantitative estimate of drug-likeness (QED) is 0.559. The lowest BCUT2D eigenvalue weighted by Gasteiger charge is -2.09. The Labute approximate surface area is 156 Å². The van der Waals surface area contributed by atoms with Crippen molar-refractivity contribution in [2.24, 2.45) is 5.92 Å². The van der Waals surface area contributed by atoms with E-state index in [4.69, 9.17) is 0 Å². The maximum absolute atomic E-state index is 12.8. The van der Waals surface area contributed by atoms with Crippen molar-refractivity contribution < 1.29 is 18.8 Å². The number of carbonyl (C=O) groups is 3. The van der Waals surface area contributed by atoms with Crippen LogP contribution in [0.15, 0.2) is 54.6 Å². The summed E-state index contributed by atoms with van der Waals surface area (Å²) < 4.78 is 12.8. The van der Waals surface area contributed by atoms with E-state index in [1.807, 2.05) is 0 Å². The zero-order valence-corrected chi connectivity index (χ0v) is 15.0. The van der Waals surface area contributed by atoms with Crippen molar-refractivity contribution in [2.75, 3.05) is 5.32 Å². The standard InChI is InChI=1S/C20H20FN3O3/c1-13(2)19(26)22-17-10-6-15(7-11-17)20(27)24-23-18(25)12-5-14-3-8-16(21)9-4-14/h3-13H,1-2H3,(H,22,26)(H,23,25)(H,24,27). The van der Waals surface area contributed by atoms with Gasteiger partial charge in [0.1, 0.15) is 5.82 Å². The van der Waals surface area contributed by atoms with Gasteiger partial charge in [-0.25, -0.2) is 4.39 Å². The fraction of sp³-hybridized carbons (Fsp3) is 0.150. The summed E-state index contributed by atoms with van der Waals surface area (Å²) in [5.74, 6) is -1.66. The van der Waals surface area contributed by atoms with Gasteiger partial charge in [-0.1, -0.05) is 26.0 Å². The molecule has 3 amide bonds. The van der Waals surface area contributed by atoms with Gasteiger partial charge in [-0.2, -0.15) is 0 Å². The summed E-state index contributed by atoms with van der Waals surface area (Å²) in [5, 5.41) is 2.72. The number of carbonyl (C=O) groups excluding carboxylic acids is 3. The van der Waals surface area contributed by atoms with Crippen LogP contribution in [-0.2, 0) is 9.59 Å². The van der Waals surface area contributed by atoms with Gasteiger partial charge >= 0.3 is 0 Å². The third kappa shape index (κ3) is 6.39. The molecule has 3 N–H and O–H groups in total. The normalized spacial score (nSPS) is 10.7. The van der Waals surface area contributed by atoms with E-state index in [1.165, 1.54) is 48.6 Å². The van der Waals surface area contributed by atoms with Crippen LogP contribution >= 0.6 is 0 Å². The second-order valence-electron chi connectivity index (χ2n) is 6.05. The van der Waals surface area contributed by atoms with Crippen molar-refractivity contribution in [3.8, 4) is 0 Å². The summed E-state index contributed by atoms with van der Waals surface area (Å²) in [4.78, 5) is 35.4. The number of halogens is 1. The Balaban J connectivity index is 1.85. The molecule has 0 bridgehead atoms. The van der Waals surface area contributed by atoms with Crippen LogP contribution in [0.25, 0.3) is 6.08 Å². The highest BCUT2D eigenvalue weighted by molar-refractivity contribution is 5.98. The van der Waals surface area contributed by atoms with E-state index in [2.05, 4.69) is 16.2 Å². The van der Waals surface area contributed by atoms with E-state index >= 15 is 0 Å². The minimum atomic E-state index is -0.534. The lowest BCUT2D eigenvalue weighted by molar-refractivity contribution is -0.119. The average Bonchev–Trinajstić information content (AvgIpc) is 2.66. The van der Waals surface area contributed by atoms with E-state index in [0.717, 1.165) is 0 Å². The SMILES string of the molecule is CC(C)C(=O)Nc1ccc(C(=O)NNC(=O)C=Cc2ccc(F)cc2)cc1. The number of benzene rings is 2. The number of amides is 3. The molecule has 27 heavy (non-hydrogen) atoms. The van der Waals surface area contributed by atoms with E-state index in [0.29, 0.717) is 16.8 Å². The van der Waals surface area contributed by atoms with Gasteiger partial charge in [-0.15, -0.1) is 0 Å². The molecule has 2 aromatic carbocycles. The van der Waals surface area contributed by atoms with E-state index in [1.54, 1.807) is 26.0 Å². The van der Waals surface area contributed by atoms with Gasteiger partial charge in [-0.3, -0.25) is 25.2 Å². The summed E-state index contributed by atoms with van der Waals surface area (Å²) in [5.41, 5.74) is 6.09. The number of anilines is 1. The molecule has 0 saturated heterocycles. The Bertz CT molecular complexity index is 844. The molecule has 0 aromatic heterocycles. The first-order valence-electron chi connectivity index (χ1n) is 8.30. The number of hydrazine groups is 1. The third-order valence-corrected chi connectivity index (χ3v) is 3.54. The maximum atomic E-state index is 12.8. The third-order valence-electron chi connectivity index (χ3n) is 3.54. The highest BCUT2D eigenvalue weighted by atomic mass is 19.1. The van der Waals surface area contributed by atoms with Crippen LogP contribution in [0.3, 0.4) is 0 Å². The number of nitrogens with one attached hydrogen (secondary N) is 3. The predicted octanol–water partition coefficient (Wildman–Crippen LogP) is 2.89. The largest absolute Gasteiger partial charge is 0.326 e. The molecule has 140 valence electrons. The Morgan fingerprint density at radius 3 is 2.15 bits per heavy atom. The lowest BCUT2D eigenvalue weighted by atomic mass is 10.1. The van der Waals surface area contributed by atoms with Gasteiger partial charge in [0, 0.05) is 23.2 Å². The molecule has 0 heterocycles. The lowest BCUT2D eigenvalue weighted by Crippen LogP contribution is -2.40. The molecule has 0 unspecified atom stereocenters. The Kier molecular flexibility index (Phi) is 6.82. The topological polar surface area (TPSA) is 87.3 Å². The van der Waals surface area contributed by atoms with Gasteiger partial charge in [0.2, 0.25) is 5.91 Å². The minimum absolute atomic E-state index is 0.118. The van der Waals surface area contributed by atoms with Crippen LogP contribution in [-0.4, -0.2) is 17.7 Å². The summed E-state index contributed by atoms with van der Waals surface area (Å²) in [6.45, 7) is 3.56. The fourth-order valence-electron chi connectivity index (χ4n) is 1.97. The molecule has 0 spiro atoms. The van der Waals surface area contributed by atoms with Gasteiger partial charge in [0.15, 0.2) is 0 Å². The summed E-state index contributed by atoms with van der Waals surface area (Å²) in [6, 6.07) is 11.9. The van der Waals surface area contributed by atoms with Gasteiger partial charge < -0.3 is 5.32 Å². The van der Waals surface area contributed by atoms with Crippen molar-refractivity contribution in [1.82, 2.24) is 10.9 Å². The van der Waals surface area contributed by atoms with Crippen molar-refractivity contribution in [1.29, 1.82) is 0 Å². The minimum Gasteiger partial charge on any atom is -0.326 e. The summed E-state index contributed by atoms with van der Waals surface area (Å²) in [7, 11) is 0. The molecule has 0 saturated carbocycles. The number of hydrogen-bond acceptors (Lipinski definition) is 3. The molecule has 7 heteroatoms. The van der Waals surface area contributed by atoms with Gasteiger partial charge in [-0.05, 0) is 48.0 Å². The van der Waals surface area contributed by atoms with E-state index < -0.39 is 11.8 Å². The van der Waals surface area contributed by atoms with Crippen LogP contribution < -0.4 is 16.2 Å². The second-order valence-corrected chi connectivity index (χ2v) is 6.05. The Morgan fingerprint density at radius 2 is 1.56 bits per heavy atom. The smallest absolute Gasteiger partial charge is 0.269 e. The van der Waals surface area contributed by atoms with Crippen LogP contribution in [0.4, 0.5) is 10.1 Å². The second kappa shape index (κ2) is 9.28.